The van der Waals surface area contributed by atoms with E-state index in [1.54, 1.807) is 6.20 Å². The van der Waals surface area contributed by atoms with Gasteiger partial charge in [0.1, 0.15) is 0 Å². The molecule has 0 amide bonds. The Morgan fingerprint density at radius 3 is 2.36 bits per heavy atom. The van der Waals surface area contributed by atoms with Gasteiger partial charge in [0, 0.05) is 28.0 Å². The predicted octanol–water partition coefficient (Wildman–Crippen LogP) is 4.83. The lowest BCUT2D eigenvalue weighted by atomic mass is 10.1. The van der Waals surface area contributed by atoms with Crippen LogP contribution in [-0.2, 0) is 0 Å². The van der Waals surface area contributed by atoms with Crippen LogP contribution in [0.5, 0.6) is 0 Å². The van der Waals surface area contributed by atoms with Crippen molar-refractivity contribution in [3.8, 4) is 22.5 Å². The van der Waals surface area contributed by atoms with Crippen molar-refractivity contribution in [2.75, 3.05) is 0 Å². The SMILES string of the molecule is Brc1ccc(-c2nc3ncccn3c2-c2ccccc2)cc1. The van der Waals surface area contributed by atoms with Gasteiger partial charge < -0.3 is 0 Å². The average molecular weight is 350 g/mol. The summed E-state index contributed by atoms with van der Waals surface area (Å²) < 4.78 is 3.09. The van der Waals surface area contributed by atoms with Crippen LogP contribution in [0.25, 0.3) is 28.3 Å². The molecule has 0 unspecified atom stereocenters. The quantitative estimate of drug-likeness (QED) is 0.519. The molecule has 0 fully saturated rings. The van der Waals surface area contributed by atoms with E-state index in [0.29, 0.717) is 5.78 Å². The summed E-state index contributed by atoms with van der Waals surface area (Å²) in [7, 11) is 0. The van der Waals surface area contributed by atoms with Gasteiger partial charge >= 0.3 is 0 Å². The normalized spacial score (nSPS) is 11.0. The van der Waals surface area contributed by atoms with Gasteiger partial charge in [-0.25, -0.2) is 9.97 Å². The van der Waals surface area contributed by atoms with E-state index in [2.05, 4.69) is 45.2 Å². The van der Waals surface area contributed by atoms with Gasteiger partial charge in [0.05, 0.1) is 11.4 Å². The molecule has 2 heterocycles. The summed E-state index contributed by atoms with van der Waals surface area (Å²) in [6.07, 6.45) is 3.77. The minimum Gasteiger partial charge on any atom is -0.283 e. The maximum atomic E-state index is 4.73. The molecular weight excluding hydrogens is 338 g/mol. The molecule has 0 aliphatic rings. The zero-order valence-electron chi connectivity index (χ0n) is 11.6. The van der Waals surface area contributed by atoms with Crippen molar-refractivity contribution in [1.29, 1.82) is 0 Å². The molecule has 0 saturated heterocycles. The maximum absolute atomic E-state index is 4.73. The molecule has 0 bridgehead atoms. The molecule has 0 radical (unpaired) electrons. The molecule has 0 saturated carbocycles. The molecule has 0 atom stereocenters. The third-order valence-electron chi connectivity index (χ3n) is 3.57. The molecule has 4 aromatic rings. The predicted molar refractivity (Wildman–Crippen MR) is 91.6 cm³/mol. The third-order valence-corrected chi connectivity index (χ3v) is 4.10. The summed E-state index contributed by atoms with van der Waals surface area (Å²) in [5, 5.41) is 0. The number of nitrogens with zero attached hydrogens (tertiary/aromatic N) is 3. The highest BCUT2D eigenvalue weighted by Gasteiger charge is 2.15. The first-order valence-corrected chi connectivity index (χ1v) is 7.77. The number of fused-ring (bicyclic) bond motifs is 1. The van der Waals surface area contributed by atoms with E-state index >= 15 is 0 Å². The van der Waals surface area contributed by atoms with Crippen molar-refractivity contribution in [3.05, 3.63) is 77.5 Å². The second-order valence-electron chi connectivity index (χ2n) is 4.97. The van der Waals surface area contributed by atoms with Gasteiger partial charge in [0.2, 0.25) is 5.78 Å². The second-order valence-corrected chi connectivity index (χ2v) is 5.89. The average Bonchev–Trinajstić information content (AvgIpc) is 2.96. The molecule has 0 spiro atoms. The fraction of sp³-hybridized carbons (Fsp3) is 0. The minimum absolute atomic E-state index is 0.708. The molecule has 0 aliphatic heterocycles. The highest BCUT2D eigenvalue weighted by atomic mass is 79.9. The lowest BCUT2D eigenvalue weighted by Crippen LogP contribution is -1.90. The number of halogens is 1. The highest BCUT2D eigenvalue weighted by molar-refractivity contribution is 9.10. The van der Waals surface area contributed by atoms with Crippen molar-refractivity contribution in [2.24, 2.45) is 0 Å². The van der Waals surface area contributed by atoms with Gasteiger partial charge in [-0.15, -0.1) is 0 Å². The van der Waals surface area contributed by atoms with Gasteiger partial charge in [-0.1, -0.05) is 58.4 Å². The standard InChI is InChI=1S/C18H12BrN3/c19-15-9-7-13(8-10-15)16-17(14-5-2-1-3-6-14)22-12-4-11-20-18(22)21-16/h1-12H. The van der Waals surface area contributed by atoms with Crippen LogP contribution < -0.4 is 0 Å². The molecule has 2 aromatic carbocycles. The largest absolute Gasteiger partial charge is 0.283 e. The van der Waals surface area contributed by atoms with Crippen molar-refractivity contribution in [2.45, 2.75) is 0 Å². The van der Waals surface area contributed by atoms with Gasteiger partial charge in [0.15, 0.2) is 0 Å². The first kappa shape index (κ1) is 13.2. The zero-order valence-corrected chi connectivity index (χ0v) is 13.2. The number of hydrogen-bond acceptors (Lipinski definition) is 2. The van der Waals surface area contributed by atoms with E-state index in [1.807, 2.05) is 47.0 Å². The Balaban J connectivity index is 2.04. The molecule has 22 heavy (non-hydrogen) atoms. The lowest BCUT2D eigenvalue weighted by molar-refractivity contribution is 1.11. The Kier molecular flexibility index (Phi) is 3.24. The number of aromatic nitrogens is 3. The summed E-state index contributed by atoms with van der Waals surface area (Å²) in [5.41, 5.74) is 4.21. The summed E-state index contributed by atoms with van der Waals surface area (Å²) in [5.74, 6) is 0.708. The number of benzene rings is 2. The van der Waals surface area contributed by atoms with E-state index in [1.165, 1.54) is 0 Å². The van der Waals surface area contributed by atoms with Crippen LogP contribution in [0.15, 0.2) is 77.5 Å². The van der Waals surface area contributed by atoms with E-state index < -0.39 is 0 Å². The van der Waals surface area contributed by atoms with E-state index in [-0.39, 0.29) is 0 Å². The fourth-order valence-corrected chi connectivity index (χ4v) is 2.83. The number of hydrogen-bond donors (Lipinski definition) is 0. The lowest BCUT2D eigenvalue weighted by Gasteiger charge is -2.05. The van der Waals surface area contributed by atoms with Crippen LogP contribution in [0, 0.1) is 0 Å². The van der Waals surface area contributed by atoms with E-state index in [9.17, 15) is 0 Å². The Bertz CT molecular complexity index is 928. The first-order chi connectivity index (χ1) is 10.8. The van der Waals surface area contributed by atoms with Gasteiger partial charge in [-0.3, -0.25) is 4.40 Å². The molecular formula is C18H12BrN3. The van der Waals surface area contributed by atoms with Crippen molar-refractivity contribution < 1.29 is 0 Å². The Hall–Kier alpha value is -2.46. The van der Waals surface area contributed by atoms with Gasteiger partial charge in [0.25, 0.3) is 0 Å². The summed E-state index contributed by atoms with van der Waals surface area (Å²) in [4.78, 5) is 9.10. The number of rotatable bonds is 2. The Morgan fingerprint density at radius 2 is 1.59 bits per heavy atom. The number of imidazole rings is 1. The van der Waals surface area contributed by atoms with Crippen LogP contribution in [0.1, 0.15) is 0 Å². The minimum atomic E-state index is 0.708. The Morgan fingerprint density at radius 1 is 0.818 bits per heavy atom. The van der Waals surface area contributed by atoms with Gasteiger partial charge in [-0.05, 0) is 18.2 Å². The van der Waals surface area contributed by atoms with E-state index in [0.717, 1.165) is 27.0 Å². The fourth-order valence-electron chi connectivity index (χ4n) is 2.57. The topological polar surface area (TPSA) is 30.2 Å². The van der Waals surface area contributed by atoms with Gasteiger partial charge in [-0.2, -0.15) is 0 Å². The molecule has 4 rings (SSSR count). The molecule has 0 N–H and O–H groups in total. The molecule has 4 heteroatoms. The summed E-state index contributed by atoms with van der Waals surface area (Å²) >= 11 is 3.48. The van der Waals surface area contributed by atoms with E-state index in [4.69, 9.17) is 4.98 Å². The smallest absolute Gasteiger partial charge is 0.234 e. The van der Waals surface area contributed by atoms with Crippen molar-refractivity contribution >= 4 is 21.7 Å². The van der Waals surface area contributed by atoms with Crippen LogP contribution in [0.3, 0.4) is 0 Å². The second kappa shape index (κ2) is 5.39. The molecule has 2 aromatic heterocycles. The molecule has 3 nitrogen and oxygen atoms in total. The monoisotopic (exact) mass is 349 g/mol. The van der Waals surface area contributed by atoms with Crippen LogP contribution in [0.4, 0.5) is 0 Å². The first-order valence-electron chi connectivity index (χ1n) is 6.97. The van der Waals surface area contributed by atoms with Crippen molar-refractivity contribution in [1.82, 2.24) is 14.4 Å². The Labute approximate surface area is 136 Å². The van der Waals surface area contributed by atoms with Crippen LogP contribution in [0.2, 0.25) is 0 Å². The zero-order chi connectivity index (χ0) is 14.9. The highest BCUT2D eigenvalue weighted by Crippen LogP contribution is 2.32. The summed E-state index contributed by atoms with van der Waals surface area (Å²) in [6, 6.07) is 20.4. The van der Waals surface area contributed by atoms with Crippen LogP contribution in [-0.4, -0.2) is 14.4 Å². The third kappa shape index (κ3) is 2.22. The molecule has 0 aliphatic carbocycles. The maximum Gasteiger partial charge on any atom is 0.234 e. The van der Waals surface area contributed by atoms with Crippen LogP contribution >= 0.6 is 15.9 Å². The molecule has 106 valence electrons. The van der Waals surface area contributed by atoms with Crippen molar-refractivity contribution in [3.63, 3.8) is 0 Å². The summed E-state index contributed by atoms with van der Waals surface area (Å²) in [6.45, 7) is 0.